The van der Waals surface area contributed by atoms with Crippen molar-refractivity contribution in [3.8, 4) is 0 Å². The summed E-state index contributed by atoms with van der Waals surface area (Å²) < 4.78 is 7.80. The molecule has 0 bridgehead atoms. The molecule has 4 rings (SSSR count). The van der Waals surface area contributed by atoms with Gasteiger partial charge in [0.2, 0.25) is 0 Å². The minimum absolute atomic E-state index is 0.272. The summed E-state index contributed by atoms with van der Waals surface area (Å²) in [7, 11) is 0. The lowest BCUT2D eigenvalue weighted by molar-refractivity contribution is 0.102. The van der Waals surface area contributed by atoms with Crippen LogP contribution in [-0.2, 0) is 6.54 Å². The molecule has 23 heavy (non-hydrogen) atoms. The Labute approximate surface area is 141 Å². The van der Waals surface area contributed by atoms with Crippen LogP contribution in [0.15, 0.2) is 35.2 Å². The molecule has 118 valence electrons. The van der Waals surface area contributed by atoms with Crippen molar-refractivity contribution in [1.82, 2.24) is 14.8 Å². The summed E-state index contributed by atoms with van der Waals surface area (Å²) in [6.45, 7) is 0.550. The van der Waals surface area contributed by atoms with Gasteiger partial charge in [0.25, 0.3) is 5.91 Å². The molecule has 8 heteroatoms. The Morgan fingerprint density at radius 1 is 1.43 bits per heavy atom. The van der Waals surface area contributed by atoms with Crippen LogP contribution in [0.2, 0.25) is 4.34 Å². The highest BCUT2D eigenvalue weighted by atomic mass is 35.5. The van der Waals surface area contributed by atoms with Gasteiger partial charge in [-0.2, -0.15) is 5.10 Å². The summed E-state index contributed by atoms with van der Waals surface area (Å²) in [6, 6.07) is 5.55. The molecular weight excluding hydrogens is 336 g/mol. The second kappa shape index (κ2) is 5.82. The lowest BCUT2D eigenvalue weighted by Gasteiger charge is -2.07. The van der Waals surface area contributed by atoms with Crippen LogP contribution in [0.3, 0.4) is 0 Å². The molecule has 6 nitrogen and oxygen atoms in total. The Bertz CT molecular complexity index is 849. The molecule has 3 aromatic heterocycles. The molecule has 1 saturated carbocycles. The number of nitrogens with zero attached hydrogens (tertiary/aromatic N) is 3. The second-order valence-electron chi connectivity index (χ2n) is 5.37. The third-order valence-electron chi connectivity index (χ3n) is 3.65. The van der Waals surface area contributed by atoms with Gasteiger partial charge in [-0.05, 0) is 25.0 Å². The standard InChI is InChI=1S/C15H13ClN4O2S/c16-11-4-3-10(23-11)7-20-12(5-6-18-20)19-15(21)13-14(9-1-2-9)22-8-17-13/h3-6,8-9H,1-2,7H2,(H,19,21). The van der Waals surface area contributed by atoms with E-state index in [0.29, 0.717) is 29.7 Å². The number of hydrogen-bond donors (Lipinski definition) is 1. The number of thiophene rings is 1. The van der Waals surface area contributed by atoms with Crippen LogP contribution in [0.5, 0.6) is 0 Å². The van der Waals surface area contributed by atoms with Crippen molar-refractivity contribution in [2.75, 3.05) is 5.32 Å². The van der Waals surface area contributed by atoms with E-state index in [9.17, 15) is 4.79 Å². The van der Waals surface area contributed by atoms with Crippen molar-refractivity contribution < 1.29 is 9.21 Å². The van der Waals surface area contributed by atoms with E-state index in [1.807, 2.05) is 12.1 Å². The quantitative estimate of drug-likeness (QED) is 0.761. The minimum atomic E-state index is -0.272. The highest BCUT2D eigenvalue weighted by Crippen LogP contribution is 2.41. The molecule has 1 aliphatic carbocycles. The molecule has 1 fully saturated rings. The van der Waals surface area contributed by atoms with Gasteiger partial charge in [-0.15, -0.1) is 11.3 Å². The van der Waals surface area contributed by atoms with Crippen LogP contribution in [0, 0.1) is 0 Å². The van der Waals surface area contributed by atoms with Crippen molar-refractivity contribution >= 4 is 34.7 Å². The Balaban J connectivity index is 1.51. The van der Waals surface area contributed by atoms with Gasteiger partial charge in [-0.3, -0.25) is 4.79 Å². The number of carbonyl (C=O) groups is 1. The number of anilines is 1. The first-order valence-electron chi connectivity index (χ1n) is 7.21. The molecule has 0 unspecified atom stereocenters. The largest absolute Gasteiger partial charge is 0.447 e. The molecule has 0 saturated heterocycles. The van der Waals surface area contributed by atoms with Gasteiger partial charge in [0.05, 0.1) is 17.1 Å². The van der Waals surface area contributed by atoms with E-state index >= 15 is 0 Å². The van der Waals surface area contributed by atoms with Crippen molar-refractivity contribution in [3.05, 3.63) is 51.5 Å². The zero-order chi connectivity index (χ0) is 15.8. The maximum atomic E-state index is 12.4. The molecule has 0 radical (unpaired) electrons. The topological polar surface area (TPSA) is 73.0 Å². The maximum Gasteiger partial charge on any atom is 0.279 e. The van der Waals surface area contributed by atoms with Gasteiger partial charge in [-0.1, -0.05) is 11.6 Å². The summed E-state index contributed by atoms with van der Waals surface area (Å²) in [6.07, 6.45) is 5.07. The molecule has 1 aliphatic rings. The average Bonchev–Trinajstić information content (AvgIpc) is 2.93. The molecule has 3 aromatic rings. The highest BCUT2D eigenvalue weighted by molar-refractivity contribution is 7.16. The number of carbonyl (C=O) groups excluding carboxylic acids is 1. The van der Waals surface area contributed by atoms with E-state index in [0.717, 1.165) is 22.1 Å². The molecule has 0 spiro atoms. The fourth-order valence-corrected chi connectivity index (χ4v) is 3.46. The summed E-state index contributed by atoms with van der Waals surface area (Å²) in [5.41, 5.74) is 0.361. The van der Waals surface area contributed by atoms with Crippen LogP contribution in [0.4, 0.5) is 5.82 Å². The Morgan fingerprint density at radius 3 is 3.04 bits per heavy atom. The van der Waals surface area contributed by atoms with Crippen LogP contribution >= 0.6 is 22.9 Å². The van der Waals surface area contributed by atoms with Crippen LogP contribution in [-0.4, -0.2) is 20.7 Å². The third-order valence-corrected chi connectivity index (χ3v) is 4.87. The first-order valence-corrected chi connectivity index (χ1v) is 8.41. The average molecular weight is 349 g/mol. The number of halogens is 1. The predicted molar refractivity (Wildman–Crippen MR) is 87.1 cm³/mol. The summed E-state index contributed by atoms with van der Waals surface area (Å²) >= 11 is 7.44. The van der Waals surface area contributed by atoms with Crippen LogP contribution in [0.25, 0.3) is 0 Å². The van der Waals surface area contributed by atoms with Gasteiger partial charge in [0, 0.05) is 16.9 Å². The first-order chi connectivity index (χ1) is 11.2. The highest BCUT2D eigenvalue weighted by Gasteiger charge is 2.32. The van der Waals surface area contributed by atoms with E-state index in [1.54, 1.807) is 16.9 Å². The number of aromatic nitrogens is 3. The fourth-order valence-electron chi connectivity index (χ4n) is 2.39. The molecular formula is C15H13ClN4O2S. The van der Waals surface area contributed by atoms with Crippen LogP contribution in [0.1, 0.15) is 39.9 Å². The van der Waals surface area contributed by atoms with Crippen molar-refractivity contribution in [1.29, 1.82) is 0 Å². The minimum Gasteiger partial charge on any atom is -0.447 e. The summed E-state index contributed by atoms with van der Waals surface area (Å²) in [4.78, 5) is 17.6. The van der Waals surface area contributed by atoms with Crippen molar-refractivity contribution in [2.24, 2.45) is 0 Å². The molecule has 0 aliphatic heterocycles. The monoisotopic (exact) mass is 348 g/mol. The van der Waals surface area contributed by atoms with E-state index in [1.165, 1.54) is 17.7 Å². The number of amides is 1. The SMILES string of the molecule is O=C(Nc1ccnn1Cc1ccc(Cl)s1)c1ncoc1C1CC1. The van der Waals surface area contributed by atoms with Crippen molar-refractivity contribution in [2.45, 2.75) is 25.3 Å². The Kier molecular flexibility index (Phi) is 3.66. The number of rotatable bonds is 5. The van der Waals surface area contributed by atoms with Gasteiger partial charge in [-0.25, -0.2) is 9.67 Å². The molecule has 1 N–H and O–H groups in total. The summed E-state index contributed by atoms with van der Waals surface area (Å²) in [5, 5.41) is 7.10. The molecule has 0 aromatic carbocycles. The third kappa shape index (κ3) is 3.02. The molecule has 1 amide bonds. The van der Waals surface area contributed by atoms with Crippen LogP contribution < -0.4 is 5.32 Å². The van der Waals surface area contributed by atoms with Gasteiger partial charge in [0.1, 0.15) is 11.6 Å². The smallest absolute Gasteiger partial charge is 0.279 e. The van der Waals surface area contributed by atoms with E-state index in [-0.39, 0.29) is 5.91 Å². The normalized spacial score (nSPS) is 14.1. The molecule has 0 atom stereocenters. The number of nitrogens with one attached hydrogen (secondary N) is 1. The van der Waals surface area contributed by atoms with Crippen molar-refractivity contribution in [3.63, 3.8) is 0 Å². The maximum absolute atomic E-state index is 12.4. The zero-order valence-corrected chi connectivity index (χ0v) is 13.6. The number of hydrogen-bond acceptors (Lipinski definition) is 5. The number of oxazole rings is 1. The van der Waals surface area contributed by atoms with E-state index in [2.05, 4.69) is 15.4 Å². The summed E-state index contributed by atoms with van der Waals surface area (Å²) in [5.74, 6) is 1.35. The Hall–Kier alpha value is -2.12. The second-order valence-corrected chi connectivity index (χ2v) is 7.17. The predicted octanol–water partition coefficient (Wildman–Crippen LogP) is 3.76. The lowest BCUT2D eigenvalue weighted by atomic mass is 10.2. The van der Waals surface area contributed by atoms with Gasteiger partial charge >= 0.3 is 0 Å². The van der Waals surface area contributed by atoms with Gasteiger partial charge in [0.15, 0.2) is 12.1 Å². The zero-order valence-electron chi connectivity index (χ0n) is 12.0. The lowest BCUT2D eigenvalue weighted by Crippen LogP contribution is -2.17. The Morgan fingerprint density at radius 2 is 2.30 bits per heavy atom. The first kappa shape index (κ1) is 14.5. The molecule has 3 heterocycles. The van der Waals surface area contributed by atoms with E-state index in [4.69, 9.17) is 16.0 Å². The van der Waals surface area contributed by atoms with E-state index < -0.39 is 0 Å². The fraction of sp³-hybridized carbons (Fsp3) is 0.267. The van der Waals surface area contributed by atoms with Gasteiger partial charge < -0.3 is 9.73 Å².